The molecule has 1 N–H and O–H groups in total. The Bertz CT molecular complexity index is 774. The molecular weight excluding hydrogens is 320 g/mol. The maximum atomic E-state index is 12.2. The summed E-state index contributed by atoms with van der Waals surface area (Å²) in [7, 11) is -3.42. The third-order valence-electron chi connectivity index (χ3n) is 4.09. The number of likely N-dealkylation sites (tertiary alicyclic amines) is 1. The highest BCUT2D eigenvalue weighted by Crippen LogP contribution is 2.14. The zero-order valence-electron chi connectivity index (χ0n) is 13.5. The van der Waals surface area contributed by atoms with Crippen molar-refractivity contribution in [3.8, 4) is 0 Å². The number of sulfonamides is 1. The van der Waals surface area contributed by atoms with Crippen molar-refractivity contribution in [1.82, 2.24) is 9.62 Å². The van der Waals surface area contributed by atoms with E-state index in [9.17, 15) is 8.42 Å². The van der Waals surface area contributed by atoms with Gasteiger partial charge in [-0.15, -0.1) is 0 Å². The summed E-state index contributed by atoms with van der Waals surface area (Å²) >= 11 is 0. The molecule has 1 aliphatic rings. The molecule has 1 fully saturated rings. The van der Waals surface area contributed by atoms with Crippen molar-refractivity contribution < 1.29 is 8.42 Å². The molecule has 3 rings (SSSR count). The lowest BCUT2D eigenvalue weighted by Gasteiger charge is -2.16. The molecule has 126 valence electrons. The predicted octanol–water partition coefficient (Wildman–Crippen LogP) is 2.85. The van der Waals surface area contributed by atoms with Gasteiger partial charge in [-0.3, -0.25) is 4.90 Å². The molecule has 0 amide bonds. The van der Waals surface area contributed by atoms with Crippen LogP contribution in [-0.2, 0) is 16.6 Å². The molecule has 1 saturated heterocycles. The van der Waals surface area contributed by atoms with Crippen LogP contribution in [0.3, 0.4) is 0 Å². The Balaban J connectivity index is 1.53. The number of hydrogen-bond acceptors (Lipinski definition) is 3. The molecule has 0 radical (unpaired) electrons. The summed E-state index contributed by atoms with van der Waals surface area (Å²) < 4.78 is 27.2. The minimum absolute atomic E-state index is 0.0286. The van der Waals surface area contributed by atoms with Crippen molar-refractivity contribution in [3.63, 3.8) is 0 Å². The van der Waals surface area contributed by atoms with E-state index in [0.717, 1.165) is 31.6 Å². The van der Waals surface area contributed by atoms with Crippen molar-refractivity contribution in [1.29, 1.82) is 0 Å². The van der Waals surface area contributed by atoms with Crippen LogP contribution in [0.25, 0.3) is 6.08 Å². The van der Waals surface area contributed by atoms with Gasteiger partial charge in [0.1, 0.15) is 0 Å². The highest BCUT2D eigenvalue weighted by molar-refractivity contribution is 7.92. The molecule has 24 heavy (non-hydrogen) atoms. The van der Waals surface area contributed by atoms with Crippen molar-refractivity contribution in [2.24, 2.45) is 0 Å². The highest BCUT2D eigenvalue weighted by atomic mass is 32.2. The summed E-state index contributed by atoms with van der Waals surface area (Å²) in [6.45, 7) is 2.51. The Morgan fingerprint density at radius 1 is 1.04 bits per heavy atom. The molecule has 1 atom stereocenters. The van der Waals surface area contributed by atoms with Crippen molar-refractivity contribution in [2.45, 2.75) is 19.0 Å². The summed E-state index contributed by atoms with van der Waals surface area (Å²) in [5, 5.41) is 1.25. The van der Waals surface area contributed by atoms with Gasteiger partial charge in [-0.2, -0.15) is 0 Å². The van der Waals surface area contributed by atoms with Crippen LogP contribution in [0, 0.1) is 0 Å². The van der Waals surface area contributed by atoms with Gasteiger partial charge < -0.3 is 0 Å². The van der Waals surface area contributed by atoms with Crippen molar-refractivity contribution in [3.05, 3.63) is 77.2 Å². The van der Waals surface area contributed by atoms with E-state index in [4.69, 9.17) is 0 Å². The van der Waals surface area contributed by atoms with Crippen LogP contribution < -0.4 is 4.72 Å². The molecular formula is C19H22N2O2S. The number of nitrogens with one attached hydrogen (secondary N) is 1. The number of nitrogens with zero attached hydrogens (tertiary/aromatic N) is 1. The van der Waals surface area contributed by atoms with Crippen molar-refractivity contribution >= 4 is 16.1 Å². The van der Waals surface area contributed by atoms with Gasteiger partial charge in [0, 0.05) is 31.1 Å². The quantitative estimate of drug-likeness (QED) is 0.878. The first-order valence-corrected chi connectivity index (χ1v) is 9.67. The summed E-state index contributed by atoms with van der Waals surface area (Å²) in [5.41, 5.74) is 2.13. The molecule has 0 spiro atoms. The molecule has 0 aliphatic carbocycles. The zero-order valence-corrected chi connectivity index (χ0v) is 14.3. The number of benzene rings is 2. The second-order valence-corrected chi connectivity index (χ2v) is 7.68. The van der Waals surface area contributed by atoms with Crippen LogP contribution in [0.4, 0.5) is 0 Å². The van der Waals surface area contributed by atoms with E-state index < -0.39 is 10.0 Å². The van der Waals surface area contributed by atoms with Gasteiger partial charge in [-0.05, 0) is 23.6 Å². The Morgan fingerprint density at radius 3 is 2.42 bits per heavy atom. The molecule has 4 nitrogen and oxygen atoms in total. The Hall–Kier alpha value is -1.95. The van der Waals surface area contributed by atoms with Crippen LogP contribution in [0.1, 0.15) is 17.5 Å². The molecule has 1 aliphatic heterocycles. The average molecular weight is 342 g/mol. The monoisotopic (exact) mass is 342 g/mol. The van der Waals surface area contributed by atoms with Crippen LogP contribution in [-0.4, -0.2) is 32.4 Å². The number of rotatable bonds is 6. The molecule has 0 unspecified atom stereocenters. The van der Waals surface area contributed by atoms with Gasteiger partial charge >= 0.3 is 0 Å². The minimum Gasteiger partial charge on any atom is -0.297 e. The minimum atomic E-state index is -3.42. The van der Waals surface area contributed by atoms with E-state index >= 15 is 0 Å². The van der Waals surface area contributed by atoms with Gasteiger partial charge in [-0.25, -0.2) is 13.1 Å². The third-order valence-corrected chi connectivity index (χ3v) is 5.25. The average Bonchev–Trinajstić information content (AvgIpc) is 3.01. The molecule has 0 bridgehead atoms. The van der Waals surface area contributed by atoms with Crippen molar-refractivity contribution in [2.75, 3.05) is 13.1 Å². The van der Waals surface area contributed by atoms with Gasteiger partial charge in [0.2, 0.25) is 10.0 Å². The highest BCUT2D eigenvalue weighted by Gasteiger charge is 2.25. The third kappa shape index (κ3) is 5.03. The van der Waals surface area contributed by atoms with E-state index in [2.05, 4.69) is 21.8 Å². The van der Waals surface area contributed by atoms with Crippen LogP contribution in [0.5, 0.6) is 0 Å². The first kappa shape index (κ1) is 16.9. The largest absolute Gasteiger partial charge is 0.297 e. The van der Waals surface area contributed by atoms with E-state index in [1.165, 1.54) is 11.0 Å². The van der Waals surface area contributed by atoms with E-state index in [-0.39, 0.29) is 6.04 Å². The number of hydrogen-bond donors (Lipinski definition) is 1. The van der Waals surface area contributed by atoms with E-state index in [1.54, 1.807) is 6.08 Å². The normalized spacial score (nSPS) is 19.1. The lowest BCUT2D eigenvalue weighted by molar-refractivity contribution is 0.325. The summed E-state index contributed by atoms with van der Waals surface area (Å²) in [5.74, 6) is 0. The van der Waals surface area contributed by atoms with Gasteiger partial charge in [0.05, 0.1) is 0 Å². The topological polar surface area (TPSA) is 49.4 Å². The second-order valence-electron chi connectivity index (χ2n) is 6.08. The molecule has 5 heteroatoms. The summed E-state index contributed by atoms with van der Waals surface area (Å²) in [6.07, 6.45) is 2.46. The van der Waals surface area contributed by atoms with Crippen LogP contribution in [0.2, 0.25) is 0 Å². The Labute approximate surface area is 143 Å². The molecule has 1 heterocycles. The van der Waals surface area contributed by atoms with Gasteiger partial charge in [-0.1, -0.05) is 60.7 Å². The fraction of sp³-hybridized carbons (Fsp3) is 0.263. The maximum absolute atomic E-state index is 12.2. The summed E-state index contributed by atoms with van der Waals surface area (Å²) in [4.78, 5) is 2.28. The Morgan fingerprint density at radius 2 is 1.71 bits per heavy atom. The first-order valence-electron chi connectivity index (χ1n) is 8.12. The maximum Gasteiger partial charge on any atom is 0.234 e. The van der Waals surface area contributed by atoms with Gasteiger partial charge in [0.25, 0.3) is 0 Å². The molecule has 2 aromatic carbocycles. The molecule has 2 aromatic rings. The molecule has 0 saturated carbocycles. The summed E-state index contributed by atoms with van der Waals surface area (Å²) in [6, 6.07) is 19.7. The van der Waals surface area contributed by atoms with Crippen LogP contribution >= 0.6 is 0 Å². The predicted molar refractivity (Wildman–Crippen MR) is 97.7 cm³/mol. The fourth-order valence-corrected chi connectivity index (χ4v) is 3.99. The van der Waals surface area contributed by atoms with Crippen LogP contribution in [0.15, 0.2) is 66.1 Å². The SMILES string of the molecule is O=S(=O)(/C=C\c1ccccc1)N[C@@H]1CCN(Cc2ccccc2)C1. The smallest absolute Gasteiger partial charge is 0.234 e. The van der Waals surface area contributed by atoms with E-state index in [1.807, 2.05) is 48.5 Å². The first-order chi connectivity index (χ1) is 11.6. The zero-order chi connectivity index (χ0) is 16.8. The lowest BCUT2D eigenvalue weighted by Crippen LogP contribution is -2.35. The van der Waals surface area contributed by atoms with Gasteiger partial charge in [0.15, 0.2) is 0 Å². The standard InChI is InChI=1S/C19H22N2O2S/c22-24(23,14-12-17-7-3-1-4-8-17)20-19-11-13-21(16-19)15-18-9-5-2-6-10-18/h1-10,12,14,19-20H,11,13,15-16H2/b14-12-/t19-/m1/s1. The fourth-order valence-electron chi connectivity index (χ4n) is 2.92. The Kier molecular flexibility index (Phi) is 5.45. The second kappa shape index (κ2) is 7.75. The van der Waals surface area contributed by atoms with E-state index in [0.29, 0.717) is 0 Å². The molecule has 0 aromatic heterocycles. The lowest BCUT2D eigenvalue weighted by atomic mass is 10.2.